The summed E-state index contributed by atoms with van der Waals surface area (Å²) in [5.74, 6) is 0.922. The maximum absolute atomic E-state index is 4.90. The smallest absolute Gasteiger partial charge is 0.0716 e. The van der Waals surface area contributed by atoms with Crippen molar-refractivity contribution in [3.05, 3.63) is 78.4 Å². The van der Waals surface area contributed by atoms with Gasteiger partial charge in [0, 0.05) is 39.0 Å². The van der Waals surface area contributed by atoms with E-state index in [0.717, 1.165) is 22.6 Å². The predicted molar refractivity (Wildman–Crippen MR) is 128 cm³/mol. The molecule has 3 heteroatoms. The van der Waals surface area contributed by atoms with Gasteiger partial charge < -0.3 is 4.98 Å². The zero-order valence-corrected chi connectivity index (χ0v) is 17.5. The molecule has 0 spiro atoms. The number of benzene rings is 3. The first-order chi connectivity index (χ1) is 15.3. The highest BCUT2D eigenvalue weighted by Gasteiger charge is 2.34. The average molecular weight is 404 g/mol. The molecule has 3 nitrogen and oxygen atoms in total. The summed E-state index contributed by atoms with van der Waals surface area (Å²) >= 11 is 0. The zero-order valence-electron chi connectivity index (χ0n) is 17.5. The fourth-order valence-corrected chi connectivity index (χ4v) is 5.76. The Morgan fingerprint density at radius 1 is 0.774 bits per heavy atom. The van der Waals surface area contributed by atoms with Gasteiger partial charge in [-0.05, 0) is 74.2 Å². The number of para-hydroxylation sites is 1. The second kappa shape index (κ2) is 6.66. The molecule has 1 atom stereocenters. The second-order valence-electron chi connectivity index (χ2n) is 9.35. The van der Waals surface area contributed by atoms with Gasteiger partial charge in [-0.15, -0.1) is 0 Å². The third kappa shape index (κ3) is 2.88. The van der Waals surface area contributed by atoms with E-state index in [-0.39, 0.29) is 0 Å². The zero-order chi connectivity index (χ0) is 20.4. The number of aromatic amines is 1. The largest absolute Gasteiger partial charge is 0.355 e. The molecule has 1 N–H and O–H groups in total. The Bertz CT molecular complexity index is 1440. The first-order valence-corrected chi connectivity index (χ1v) is 11.5. The van der Waals surface area contributed by atoms with Crippen LogP contribution in [0.15, 0.2) is 72.8 Å². The van der Waals surface area contributed by atoms with Gasteiger partial charge in [-0.2, -0.15) is 0 Å². The van der Waals surface area contributed by atoms with Gasteiger partial charge >= 0.3 is 0 Å². The van der Waals surface area contributed by atoms with Crippen LogP contribution in [0.1, 0.15) is 30.9 Å². The molecule has 2 aromatic heterocycles. The van der Waals surface area contributed by atoms with E-state index in [0.29, 0.717) is 6.04 Å². The SMILES string of the molecule is c1ccc2nc3cc(-c4cc5ccc(C6CC7CCN6CC7)cc5[nH]4)ccc3cc2c1. The van der Waals surface area contributed by atoms with Gasteiger partial charge in [0.15, 0.2) is 0 Å². The first kappa shape index (κ1) is 17.5. The molecular weight excluding hydrogens is 378 g/mol. The number of H-pyrrole nitrogens is 1. The summed E-state index contributed by atoms with van der Waals surface area (Å²) in [5.41, 5.74) is 7.15. The molecule has 3 aliphatic rings. The van der Waals surface area contributed by atoms with E-state index < -0.39 is 0 Å². The lowest BCUT2D eigenvalue weighted by molar-refractivity contribution is 0.0491. The Hall–Kier alpha value is -3.17. The highest BCUT2D eigenvalue weighted by molar-refractivity contribution is 5.95. The van der Waals surface area contributed by atoms with Crippen LogP contribution in [0.3, 0.4) is 0 Å². The van der Waals surface area contributed by atoms with E-state index in [2.05, 4.69) is 82.7 Å². The molecule has 0 saturated carbocycles. The number of nitrogens with zero attached hydrogens (tertiary/aromatic N) is 2. The molecule has 0 aliphatic carbocycles. The molecule has 5 aromatic rings. The van der Waals surface area contributed by atoms with Crippen LogP contribution in [0, 0.1) is 5.92 Å². The van der Waals surface area contributed by atoms with Crippen molar-refractivity contribution in [3.8, 4) is 11.3 Å². The van der Waals surface area contributed by atoms with Crippen molar-refractivity contribution in [1.82, 2.24) is 14.9 Å². The van der Waals surface area contributed by atoms with Crippen LogP contribution < -0.4 is 0 Å². The Kier molecular flexibility index (Phi) is 3.76. The Morgan fingerprint density at radius 3 is 2.48 bits per heavy atom. The predicted octanol–water partition coefficient (Wildman–Crippen LogP) is 6.69. The third-order valence-electron chi connectivity index (χ3n) is 7.51. The van der Waals surface area contributed by atoms with Crippen LogP contribution in [0.2, 0.25) is 0 Å². The lowest BCUT2D eigenvalue weighted by Crippen LogP contribution is -2.43. The van der Waals surface area contributed by atoms with Gasteiger partial charge in [0.1, 0.15) is 0 Å². The van der Waals surface area contributed by atoms with Crippen LogP contribution >= 0.6 is 0 Å². The topological polar surface area (TPSA) is 31.9 Å². The molecule has 3 aliphatic heterocycles. The third-order valence-corrected chi connectivity index (χ3v) is 7.51. The molecule has 0 amide bonds. The van der Waals surface area contributed by atoms with Crippen LogP contribution in [0.25, 0.3) is 44.0 Å². The summed E-state index contributed by atoms with van der Waals surface area (Å²) in [7, 11) is 0. The maximum atomic E-state index is 4.90. The van der Waals surface area contributed by atoms with Crippen molar-refractivity contribution in [2.75, 3.05) is 13.1 Å². The molecule has 5 heterocycles. The number of hydrogen-bond acceptors (Lipinski definition) is 2. The van der Waals surface area contributed by atoms with E-state index in [1.807, 2.05) is 0 Å². The van der Waals surface area contributed by atoms with Crippen molar-refractivity contribution in [2.45, 2.75) is 25.3 Å². The van der Waals surface area contributed by atoms with Crippen molar-refractivity contribution in [3.63, 3.8) is 0 Å². The summed E-state index contributed by atoms with van der Waals surface area (Å²) < 4.78 is 0. The molecule has 3 saturated heterocycles. The summed E-state index contributed by atoms with van der Waals surface area (Å²) in [6.07, 6.45) is 4.09. The minimum atomic E-state index is 0.599. The Labute approximate surface area is 181 Å². The summed E-state index contributed by atoms with van der Waals surface area (Å²) in [4.78, 5) is 11.3. The minimum absolute atomic E-state index is 0.599. The number of rotatable bonds is 2. The molecule has 3 aromatic carbocycles. The van der Waals surface area contributed by atoms with E-state index >= 15 is 0 Å². The number of pyridine rings is 1. The lowest BCUT2D eigenvalue weighted by Gasteiger charge is -2.45. The van der Waals surface area contributed by atoms with E-state index in [9.17, 15) is 0 Å². The fourth-order valence-electron chi connectivity index (χ4n) is 5.76. The molecule has 31 heavy (non-hydrogen) atoms. The minimum Gasteiger partial charge on any atom is -0.355 e. The van der Waals surface area contributed by atoms with Crippen molar-refractivity contribution >= 4 is 32.7 Å². The lowest BCUT2D eigenvalue weighted by atomic mass is 9.81. The van der Waals surface area contributed by atoms with E-state index in [4.69, 9.17) is 4.98 Å². The van der Waals surface area contributed by atoms with Crippen LogP contribution in [-0.4, -0.2) is 28.0 Å². The maximum Gasteiger partial charge on any atom is 0.0716 e. The number of hydrogen-bond donors (Lipinski definition) is 1. The van der Waals surface area contributed by atoms with Gasteiger partial charge in [-0.1, -0.05) is 42.5 Å². The van der Waals surface area contributed by atoms with Crippen LogP contribution in [0.4, 0.5) is 0 Å². The molecule has 1 unspecified atom stereocenters. The normalized spacial score (nSPS) is 23.2. The van der Waals surface area contributed by atoms with Crippen molar-refractivity contribution < 1.29 is 0 Å². The molecule has 152 valence electrons. The monoisotopic (exact) mass is 403 g/mol. The van der Waals surface area contributed by atoms with Crippen LogP contribution in [0.5, 0.6) is 0 Å². The standard InChI is InChI=1S/C28H25N3/c1-2-4-24-19(3-1)14-20-5-6-21(15-25(20)29-24)26-16-22-7-8-23(17-27(22)30-26)28-13-18-9-11-31(28)12-10-18/h1-8,14-18,28,30H,9-13H2. The highest BCUT2D eigenvalue weighted by atomic mass is 15.2. The number of piperidine rings is 3. The number of nitrogens with one attached hydrogen (secondary N) is 1. The second-order valence-corrected chi connectivity index (χ2v) is 9.35. The van der Waals surface area contributed by atoms with E-state index in [1.165, 1.54) is 65.2 Å². The molecule has 3 fully saturated rings. The summed E-state index contributed by atoms with van der Waals surface area (Å²) in [6.45, 7) is 2.53. The highest BCUT2D eigenvalue weighted by Crippen LogP contribution is 2.41. The van der Waals surface area contributed by atoms with Crippen molar-refractivity contribution in [1.29, 1.82) is 0 Å². The summed E-state index contributed by atoms with van der Waals surface area (Å²) in [6, 6.07) is 27.1. The van der Waals surface area contributed by atoms with Gasteiger partial charge in [-0.3, -0.25) is 4.90 Å². The van der Waals surface area contributed by atoms with Crippen LogP contribution in [-0.2, 0) is 0 Å². The molecule has 2 bridgehead atoms. The van der Waals surface area contributed by atoms with Crippen molar-refractivity contribution in [2.24, 2.45) is 5.92 Å². The van der Waals surface area contributed by atoms with Gasteiger partial charge in [0.2, 0.25) is 0 Å². The molecule has 8 rings (SSSR count). The molecule has 0 radical (unpaired) electrons. The van der Waals surface area contributed by atoms with E-state index in [1.54, 1.807) is 0 Å². The summed E-state index contributed by atoms with van der Waals surface area (Å²) in [5, 5.41) is 3.65. The van der Waals surface area contributed by atoms with Gasteiger partial charge in [-0.25, -0.2) is 4.98 Å². The molecular formula is C28H25N3. The first-order valence-electron chi connectivity index (χ1n) is 11.5. The fraction of sp³-hybridized carbons (Fsp3) is 0.250. The van der Waals surface area contributed by atoms with Gasteiger partial charge in [0.05, 0.1) is 11.0 Å². The Balaban J connectivity index is 1.28. The quantitative estimate of drug-likeness (QED) is 0.333. The van der Waals surface area contributed by atoms with Gasteiger partial charge in [0.25, 0.3) is 0 Å². The average Bonchev–Trinajstić information content (AvgIpc) is 3.26. The number of fused-ring (bicyclic) bond motifs is 6. The number of aromatic nitrogens is 2. The Morgan fingerprint density at radius 2 is 1.61 bits per heavy atom.